The summed E-state index contributed by atoms with van der Waals surface area (Å²) in [5, 5.41) is 9.62. The van der Waals surface area contributed by atoms with Crippen LogP contribution in [0.25, 0.3) is 0 Å². The lowest BCUT2D eigenvalue weighted by molar-refractivity contribution is -0.148. The van der Waals surface area contributed by atoms with Crippen molar-refractivity contribution in [1.82, 2.24) is 0 Å². The van der Waals surface area contributed by atoms with Crippen LogP contribution < -0.4 is 0 Å². The molecule has 1 saturated heterocycles. The minimum absolute atomic E-state index is 0.0241. The topological polar surface area (TPSA) is 60.3 Å². The van der Waals surface area contributed by atoms with Crippen molar-refractivity contribution in [3.8, 4) is 0 Å². The number of hydrogen-bond donors (Lipinski definition) is 1. The van der Waals surface area contributed by atoms with Gasteiger partial charge in [-0.1, -0.05) is 40.9 Å². The molecule has 0 amide bonds. The molecule has 0 radical (unpaired) electrons. The maximum atomic E-state index is 9.62. The lowest BCUT2D eigenvalue weighted by atomic mass is 9.69. The van der Waals surface area contributed by atoms with Crippen LogP contribution in [0.5, 0.6) is 0 Å². The third kappa shape index (κ3) is 3.11. The zero-order valence-electron chi connectivity index (χ0n) is 13.5. The Labute approximate surface area is 156 Å². The summed E-state index contributed by atoms with van der Waals surface area (Å²) in [5.41, 5.74) is 0.00312. The number of hydrogen-bond acceptors (Lipinski definition) is 5. The normalized spacial score (nSPS) is 38.2. The van der Waals surface area contributed by atoms with Gasteiger partial charge in [-0.2, -0.15) is 0 Å². The molecule has 0 bridgehead atoms. The lowest BCUT2D eigenvalue weighted by Gasteiger charge is -2.41. The first-order valence-electron chi connectivity index (χ1n) is 7.71. The second kappa shape index (κ2) is 6.15. The minimum atomic E-state index is -1.77. The number of halogens is 3. The largest absolute Gasteiger partial charge is 0.467 e. The van der Waals surface area contributed by atoms with E-state index in [-0.39, 0.29) is 24.5 Å². The predicted octanol–water partition coefficient (Wildman–Crippen LogP) is 3.17. The molecule has 3 rings (SSSR count). The number of ether oxygens (including phenoxy) is 3. The maximum Gasteiger partial charge on any atom is 0.266 e. The van der Waals surface area contributed by atoms with E-state index in [1.165, 1.54) is 0 Å². The highest BCUT2D eigenvalue weighted by Crippen LogP contribution is 2.49. The minimum Gasteiger partial charge on any atom is -0.467 e. The number of fused-ring (bicyclic) bond motifs is 1. The Balaban J connectivity index is 2.02. The third-order valence-corrected chi connectivity index (χ3v) is 5.19. The molecule has 0 aromatic carbocycles. The standard InChI is InChI=1S/C16H20Cl3NO4/c1-4-15-10(11-8-22-14(2,3)24-11)5-9(7-21)6-12(15)23-13(20-15)16(17,18)19/h4,6,10-12,21H,1,5,7-8H2,2-3H3/t10?,11-,12+,15-/m1/s1. The van der Waals surface area contributed by atoms with Gasteiger partial charge in [-0.25, -0.2) is 4.99 Å². The van der Waals surface area contributed by atoms with Crippen molar-refractivity contribution < 1.29 is 19.3 Å². The molecule has 4 atom stereocenters. The molecule has 2 aliphatic heterocycles. The van der Waals surface area contributed by atoms with Crippen LogP contribution in [0, 0.1) is 5.92 Å². The van der Waals surface area contributed by atoms with E-state index < -0.39 is 21.2 Å². The van der Waals surface area contributed by atoms with Crippen molar-refractivity contribution in [2.24, 2.45) is 10.9 Å². The van der Waals surface area contributed by atoms with Crippen molar-refractivity contribution in [2.75, 3.05) is 13.2 Å². The molecule has 5 nitrogen and oxygen atoms in total. The smallest absolute Gasteiger partial charge is 0.266 e. The highest BCUT2D eigenvalue weighted by atomic mass is 35.6. The van der Waals surface area contributed by atoms with Gasteiger partial charge in [0.15, 0.2) is 5.79 Å². The van der Waals surface area contributed by atoms with Gasteiger partial charge in [-0.05, 0) is 31.9 Å². The van der Waals surface area contributed by atoms with Gasteiger partial charge >= 0.3 is 0 Å². The molecule has 1 aliphatic carbocycles. The Morgan fingerprint density at radius 1 is 1.46 bits per heavy atom. The number of aliphatic hydroxyl groups excluding tert-OH is 1. The van der Waals surface area contributed by atoms with E-state index in [1.807, 2.05) is 19.9 Å². The van der Waals surface area contributed by atoms with E-state index in [2.05, 4.69) is 11.6 Å². The SMILES string of the molecule is C=C[C@]12N=C(C(Cl)(Cl)Cl)O[C@H]1C=C(CO)CC2[C@H]1COC(C)(C)O1. The van der Waals surface area contributed by atoms with Gasteiger partial charge in [0.2, 0.25) is 5.90 Å². The van der Waals surface area contributed by atoms with Crippen LogP contribution in [-0.4, -0.2) is 51.5 Å². The first-order valence-corrected chi connectivity index (χ1v) is 8.84. The van der Waals surface area contributed by atoms with E-state index in [0.717, 1.165) is 5.57 Å². The Hall–Kier alpha value is -0.300. The number of alkyl halides is 3. The number of nitrogens with zero attached hydrogens (tertiary/aromatic N) is 1. The second-order valence-electron chi connectivity index (χ2n) is 6.71. The van der Waals surface area contributed by atoms with Crippen molar-refractivity contribution in [1.29, 1.82) is 0 Å². The van der Waals surface area contributed by atoms with E-state index in [4.69, 9.17) is 49.0 Å². The molecular weight excluding hydrogens is 377 g/mol. The first-order chi connectivity index (χ1) is 11.1. The summed E-state index contributed by atoms with van der Waals surface area (Å²) in [5.74, 6) is -0.806. The van der Waals surface area contributed by atoms with Gasteiger partial charge in [0.25, 0.3) is 3.79 Å². The first kappa shape index (κ1) is 18.5. The molecule has 134 valence electrons. The summed E-state index contributed by atoms with van der Waals surface area (Å²) in [6.07, 6.45) is 3.37. The van der Waals surface area contributed by atoms with Crippen LogP contribution in [0.4, 0.5) is 0 Å². The Bertz CT molecular complexity index is 599. The van der Waals surface area contributed by atoms with Crippen LogP contribution >= 0.6 is 34.8 Å². The van der Waals surface area contributed by atoms with Gasteiger partial charge in [0.1, 0.15) is 11.6 Å². The maximum absolute atomic E-state index is 9.62. The summed E-state index contributed by atoms with van der Waals surface area (Å²) in [6, 6.07) is 0. The number of aliphatic imine (C=N–C) groups is 1. The van der Waals surface area contributed by atoms with Gasteiger partial charge in [-0.3, -0.25) is 0 Å². The fourth-order valence-corrected chi connectivity index (χ4v) is 3.83. The van der Waals surface area contributed by atoms with Crippen LogP contribution in [0.15, 0.2) is 29.3 Å². The molecule has 3 aliphatic rings. The number of aliphatic hydroxyl groups is 1. The molecule has 0 aromatic rings. The summed E-state index contributed by atoms with van der Waals surface area (Å²) < 4.78 is 15.8. The summed E-state index contributed by atoms with van der Waals surface area (Å²) in [7, 11) is 0. The molecule has 0 spiro atoms. The fraction of sp³-hybridized carbons (Fsp3) is 0.688. The van der Waals surface area contributed by atoms with Crippen LogP contribution in [-0.2, 0) is 14.2 Å². The zero-order chi connectivity index (χ0) is 17.8. The van der Waals surface area contributed by atoms with E-state index in [0.29, 0.717) is 13.0 Å². The molecule has 24 heavy (non-hydrogen) atoms. The highest BCUT2D eigenvalue weighted by Gasteiger charge is 2.58. The fourth-order valence-electron chi connectivity index (χ4n) is 3.57. The van der Waals surface area contributed by atoms with Gasteiger partial charge in [0, 0.05) is 5.92 Å². The summed E-state index contributed by atoms with van der Waals surface area (Å²) in [4.78, 5) is 4.59. The van der Waals surface area contributed by atoms with E-state index >= 15 is 0 Å². The summed E-state index contributed by atoms with van der Waals surface area (Å²) in [6.45, 7) is 7.99. The quantitative estimate of drug-likeness (QED) is 0.588. The zero-order valence-corrected chi connectivity index (χ0v) is 15.7. The van der Waals surface area contributed by atoms with Crippen molar-refractivity contribution in [3.05, 3.63) is 24.3 Å². The molecule has 1 unspecified atom stereocenters. The van der Waals surface area contributed by atoms with Crippen molar-refractivity contribution in [3.63, 3.8) is 0 Å². The summed E-state index contributed by atoms with van der Waals surface area (Å²) >= 11 is 17.9. The molecule has 1 N–H and O–H groups in total. The average molecular weight is 397 g/mol. The highest BCUT2D eigenvalue weighted by molar-refractivity contribution is 6.76. The molecule has 1 fully saturated rings. The van der Waals surface area contributed by atoms with Gasteiger partial charge in [-0.15, -0.1) is 6.58 Å². The molecule has 2 heterocycles. The van der Waals surface area contributed by atoms with E-state index in [9.17, 15) is 5.11 Å². The molecular formula is C16H20Cl3NO4. The monoisotopic (exact) mass is 395 g/mol. The van der Waals surface area contributed by atoms with E-state index in [1.54, 1.807) is 6.08 Å². The van der Waals surface area contributed by atoms with Crippen LogP contribution in [0.2, 0.25) is 0 Å². The average Bonchev–Trinajstić information content (AvgIpc) is 3.06. The Morgan fingerprint density at radius 3 is 2.67 bits per heavy atom. The predicted molar refractivity (Wildman–Crippen MR) is 93.7 cm³/mol. The van der Waals surface area contributed by atoms with Crippen LogP contribution in [0.1, 0.15) is 20.3 Å². The second-order valence-corrected chi connectivity index (χ2v) is 8.99. The number of rotatable bonds is 3. The Kier molecular flexibility index (Phi) is 4.74. The molecule has 0 saturated carbocycles. The van der Waals surface area contributed by atoms with Crippen molar-refractivity contribution in [2.45, 2.75) is 47.6 Å². The van der Waals surface area contributed by atoms with Crippen LogP contribution in [0.3, 0.4) is 0 Å². The van der Waals surface area contributed by atoms with Gasteiger partial charge in [0.05, 0.1) is 19.3 Å². The van der Waals surface area contributed by atoms with Gasteiger partial charge < -0.3 is 19.3 Å². The molecule has 8 heteroatoms. The van der Waals surface area contributed by atoms with Crippen molar-refractivity contribution >= 4 is 40.7 Å². The lowest BCUT2D eigenvalue weighted by Crippen LogP contribution is -2.51. The molecule has 0 aromatic heterocycles. The Morgan fingerprint density at radius 2 is 2.17 bits per heavy atom. The third-order valence-electron chi connectivity index (χ3n) is 4.70.